The van der Waals surface area contributed by atoms with Gasteiger partial charge in [0.2, 0.25) is 5.78 Å². The van der Waals surface area contributed by atoms with Crippen molar-refractivity contribution in [2.24, 2.45) is 0 Å². The van der Waals surface area contributed by atoms with Crippen molar-refractivity contribution >= 4 is 35.5 Å². The first-order chi connectivity index (χ1) is 11.4. The molecule has 1 aliphatic carbocycles. The van der Waals surface area contributed by atoms with E-state index in [-0.39, 0.29) is 18.6 Å². The second kappa shape index (κ2) is 6.12. The minimum Gasteiger partial charge on any atom is -0.462 e. The molecule has 0 unspecified atom stereocenters. The fraction of sp³-hybridized carbons (Fsp3) is 0.600. The van der Waals surface area contributed by atoms with Crippen molar-refractivity contribution in [2.75, 3.05) is 38.2 Å². The van der Waals surface area contributed by atoms with Crippen LogP contribution in [-0.4, -0.2) is 77.4 Å². The summed E-state index contributed by atoms with van der Waals surface area (Å²) >= 11 is 1.78. The van der Waals surface area contributed by atoms with E-state index in [4.69, 9.17) is 9.47 Å². The van der Waals surface area contributed by atoms with Crippen molar-refractivity contribution in [3.63, 3.8) is 0 Å². The summed E-state index contributed by atoms with van der Waals surface area (Å²) in [5.41, 5.74) is -1.68. The summed E-state index contributed by atoms with van der Waals surface area (Å²) in [5, 5.41) is 0. The summed E-state index contributed by atoms with van der Waals surface area (Å²) < 4.78 is 10.1. The zero-order valence-corrected chi connectivity index (χ0v) is 14.3. The molecule has 2 amide bonds. The molecule has 1 atom stereocenters. The molecule has 3 aliphatic rings. The molecule has 2 saturated heterocycles. The van der Waals surface area contributed by atoms with Crippen LogP contribution in [0.2, 0.25) is 0 Å². The van der Waals surface area contributed by atoms with Gasteiger partial charge in [0.1, 0.15) is 5.57 Å². The van der Waals surface area contributed by atoms with Crippen LogP contribution in [0, 0.1) is 0 Å². The molecule has 1 spiro atoms. The predicted molar refractivity (Wildman–Crippen MR) is 84.2 cm³/mol. The van der Waals surface area contributed by atoms with Gasteiger partial charge in [0.15, 0.2) is 0 Å². The number of thioether (sulfide) groups is 1. The number of ether oxygens (including phenoxy) is 2. The molecular weight excluding hydrogens is 336 g/mol. The Morgan fingerprint density at radius 2 is 1.96 bits per heavy atom. The van der Waals surface area contributed by atoms with E-state index in [1.807, 2.05) is 4.90 Å². The standard InChI is InChI=1S/C15H18N2O6S/c1-3-22-12(19)10-9(17-4-6-24-7-5-17)8-15(11(10)18)13(20)16(2)14(21)23-15/h3-8H2,1-2H3/t15-/m1/s1. The highest BCUT2D eigenvalue weighted by Gasteiger charge is 2.64. The van der Waals surface area contributed by atoms with Gasteiger partial charge in [-0.25, -0.2) is 14.5 Å². The SMILES string of the molecule is CCOC(=O)C1=C(N2CCSCC2)C[C@@]2(OC(=O)N(C)C2=O)C1=O. The second-order valence-electron chi connectivity index (χ2n) is 5.71. The Morgan fingerprint density at radius 1 is 1.29 bits per heavy atom. The molecule has 24 heavy (non-hydrogen) atoms. The minimum absolute atomic E-state index is 0.110. The number of ketones is 1. The molecule has 0 aromatic rings. The highest BCUT2D eigenvalue weighted by atomic mass is 32.2. The van der Waals surface area contributed by atoms with Crippen LogP contribution in [0.3, 0.4) is 0 Å². The summed E-state index contributed by atoms with van der Waals surface area (Å²) in [6, 6.07) is 0. The monoisotopic (exact) mass is 354 g/mol. The van der Waals surface area contributed by atoms with Crippen LogP contribution < -0.4 is 0 Å². The Balaban J connectivity index is 2.01. The molecule has 130 valence electrons. The van der Waals surface area contributed by atoms with Crippen molar-refractivity contribution in [1.29, 1.82) is 0 Å². The zero-order chi connectivity index (χ0) is 17.5. The molecule has 3 rings (SSSR count). The normalized spacial score (nSPS) is 27.3. The lowest BCUT2D eigenvalue weighted by molar-refractivity contribution is -0.146. The number of amides is 2. The third-order valence-corrected chi connectivity index (χ3v) is 5.30. The van der Waals surface area contributed by atoms with Gasteiger partial charge >= 0.3 is 12.1 Å². The highest BCUT2D eigenvalue weighted by molar-refractivity contribution is 7.99. The van der Waals surface area contributed by atoms with E-state index in [1.165, 1.54) is 7.05 Å². The van der Waals surface area contributed by atoms with Crippen LogP contribution in [0.1, 0.15) is 13.3 Å². The fourth-order valence-corrected chi connectivity index (χ4v) is 4.03. The molecule has 2 heterocycles. The quantitative estimate of drug-likeness (QED) is 0.402. The first kappa shape index (κ1) is 16.8. The van der Waals surface area contributed by atoms with Gasteiger partial charge in [-0.15, -0.1) is 0 Å². The molecule has 0 bridgehead atoms. The maximum atomic E-state index is 12.9. The van der Waals surface area contributed by atoms with Gasteiger partial charge < -0.3 is 14.4 Å². The van der Waals surface area contributed by atoms with Crippen LogP contribution >= 0.6 is 11.8 Å². The van der Waals surface area contributed by atoms with Gasteiger partial charge in [-0.05, 0) is 6.92 Å². The average Bonchev–Trinajstić information content (AvgIpc) is 2.99. The van der Waals surface area contributed by atoms with Gasteiger partial charge in [-0.2, -0.15) is 11.8 Å². The Morgan fingerprint density at radius 3 is 2.50 bits per heavy atom. The van der Waals surface area contributed by atoms with Gasteiger partial charge in [-0.3, -0.25) is 9.59 Å². The fourth-order valence-electron chi connectivity index (χ4n) is 3.12. The van der Waals surface area contributed by atoms with Crippen LogP contribution in [0.5, 0.6) is 0 Å². The van der Waals surface area contributed by atoms with E-state index >= 15 is 0 Å². The summed E-state index contributed by atoms with van der Waals surface area (Å²) in [6.45, 7) is 3.06. The van der Waals surface area contributed by atoms with Crippen molar-refractivity contribution in [1.82, 2.24) is 9.80 Å². The summed E-state index contributed by atoms with van der Waals surface area (Å²) in [4.78, 5) is 52.1. The van der Waals surface area contributed by atoms with Gasteiger partial charge in [0, 0.05) is 43.8 Å². The molecule has 2 aliphatic heterocycles. The Labute approximate surface area is 143 Å². The van der Waals surface area contributed by atoms with Crippen LogP contribution in [-0.2, 0) is 23.9 Å². The molecule has 0 radical (unpaired) electrons. The number of rotatable bonds is 3. The predicted octanol–water partition coefficient (Wildman–Crippen LogP) is 0.173. The number of imide groups is 1. The van der Waals surface area contributed by atoms with Gasteiger partial charge in [0.25, 0.3) is 11.5 Å². The number of nitrogens with zero attached hydrogens (tertiary/aromatic N) is 2. The smallest absolute Gasteiger partial charge is 0.417 e. The van der Waals surface area contributed by atoms with Crippen molar-refractivity contribution in [2.45, 2.75) is 18.9 Å². The van der Waals surface area contributed by atoms with E-state index in [0.717, 1.165) is 16.4 Å². The average molecular weight is 354 g/mol. The zero-order valence-electron chi connectivity index (χ0n) is 13.5. The number of likely N-dealkylation sites (N-methyl/N-ethyl adjacent to an activating group) is 1. The molecular formula is C15H18N2O6S. The van der Waals surface area contributed by atoms with Gasteiger partial charge in [0.05, 0.1) is 6.61 Å². The minimum atomic E-state index is -1.95. The van der Waals surface area contributed by atoms with Crippen molar-refractivity contribution in [3.05, 3.63) is 11.3 Å². The molecule has 0 aromatic carbocycles. The lowest BCUT2D eigenvalue weighted by Crippen LogP contribution is -2.45. The number of Topliss-reactive ketones (excluding diaryl/α,β-unsaturated/α-hetero) is 1. The molecule has 2 fully saturated rings. The lowest BCUT2D eigenvalue weighted by Gasteiger charge is -2.30. The van der Waals surface area contributed by atoms with Crippen LogP contribution in [0.15, 0.2) is 11.3 Å². The summed E-state index contributed by atoms with van der Waals surface area (Å²) in [7, 11) is 1.26. The summed E-state index contributed by atoms with van der Waals surface area (Å²) in [6.07, 6.45) is -0.994. The Bertz CT molecular complexity index is 654. The maximum absolute atomic E-state index is 12.9. The Kier molecular flexibility index (Phi) is 4.29. The van der Waals surface area contributed by atoms with E-state index in [2.05, 4.69) is 0 Å². The first-order valence-corrected chi connectivity index (χ1v) is 8.86. The highest BCUT2D eigenvalue weighted by Crippen LogP contribution is 2.42. The Hall–Kier alpha value is -2.03. The number of carbonyl (C=O) groups is 4. The summed E-state index contributed by atoms with van der Waals surface area (Å²) in [5.74, 6) is -0.577. The topological polar surface area (TPSA) is 93.2 Å². The van der Waals surface area contributed by atoms with Gasteiger partial charge in [-0.1, -0.05) is 0 Å². The van der Waals surface area contributed by atoms with Crippen molar-refractivity contribution < 1.29 is 28.7 Å². The first-order valence-electron chi connectivity index (χ1n) is 7.71. The lowest BCUT2D eigenvalue weighted by atomic mass is 9.97. The molecule has 8 nitrogen and oxygen atoms in total. The van der Waals surface area contributed by atoms with Crippen molar-refractivity contribution in [3.8, 4) is 0 Å². The van der Waals surface area contributed by atoms with E-state index in [9.17, 15) is 19.2 Å². The number of carbonyl (C=O) groups excluding carboxylic acids is 4. The molecule has 9 heteroatoms. The molecule has 0 aromatic heterocycles. The van der Waals surface area contributed by atoms with E-state index < -0.39 is 29.4 Å². The largest absolute Gasteiger partial charge is 0.462 e. The third-order valence-electron chi connectivity index (χ3n) is 4.36. The molecule has 0 N–H and O–H groups in total. The number of hydrogen-bond donors (Lipinski definition) is 0. The third kappa shape index (κ3) is 2.38. The molecule has 0 saturated carbocycles. The number of hydrogen-bond acceptors (Lipinski definition) is 8. The number of esters is 1. The maximum Gasteiger partial charge on any atom is 0.417 e. The van der Waals surface area contributed by atoms with E-state index in [0.29, 0.717) is 18.8 Å². The van der Waals surface area contributed by atoms with Crippen LogP contribution in [0.25, 0.3) is 0 Å². The second-order valence-corrected chi connectivity index (χ2v) is 6.93. The van der Waals surface area contributed by atoms with Crippen LogP contribution in [0.4, 0.5) is 4.79 Å². The van der Waals surface area contributed by atoms with E-state index in [1.54, 1.807) is 18.7 Å².